The molecule has 2 heterocycles. The maximum absolute atomic E-state index is 4.23. The molecular weight excluding hydrogens is 256 g/mol. The average Bonchev–Trinajstić information content (AvgIpc) is 3.00. The molecule has 0 saturated heterocycles. The molecule has 0 fully saturated rings. The SMILES string of the molecule is c1ccc(-n2ccc3c(-c4cccnc4)cccc32)cc1. The summed E-state index contributed by atoms with van der Waals surface area (Å²) in [6, 6.07) is 23.1. The van der Waals surface area contributed by atoms with Gasteiger partial charge in [-0.2, -0.15) is 0 Å². The zero-order valence-electron chi connectivity index (χ0n) is 11.5. The molecular formula is C19H14N2. The molecule has 0 radical (unpaired) electrons. The molecule has 0 atom stereocenters. The van der Waals surface area contributed by atoms with E-state index < -0.39 is 0 Å². The number of para-hydroxylation sites is 1. The minimum atomic E-state index is 1.15. The second kappa shape index (κ2) is 4.91. The van der Waals surface area contributed by atoms with Crippen molar-refractivity contribution in [3.05, 3.63) is 85.3 Å². The van der Waals surface area contributed by atoms with Crippen molar-refractivity contribution >= 4 is 10.9 Å². The van der Waals surface area contributed by atoms with Crippen LogP contribution in [0.1, 0.15) is 0 Å². The lowest BCUT2D eigenvalue weighted by Gasteiger charge is -2.07. The molecule has 2 heteroatoms. The summed E-state index contributed by atoms with van der Waals surface area (Å²) in [5.74, 6) is 0. The number of fused-ring (bicyclic) bond motifs is 1. The third-order valence-electron chi connectivity index (χ3n) is 3.74. The van der Waals surface area contributed by atoms with E-state index in [9.17, 15) is 0 Å². The van der Waals surface area contributed by atoms with Crippen LogP contribution in [-0.4, -0.2) is 9.55 Å². The highest BCUT2D eigenvalue weighted by atomic mass is 15.0. The number of pyridine rings is 1. The van der Waals surface area contributed by atoms with E-state index in [1.807, 2.05) is 18.3 Å². The maximum atomic E-state index is 4.23. The van der Waals surface area contributed by atoms with Crippen LogP contribution in [0.15, 0.2) is 85.3 Å². The monoisotopic (exact) mass is 270 g/mol. The van der Waals surface area contributed by atoms with Crippen molar-refractivity contribution in [2.24, 2.45) is 0 Å². The molecule has 4 aromatic rings. The van der Waals surface area contributed by atoms with Gasteiger partial charge in [-0.3, -0.25) is 4.98 Å². The van der Waals surface area contributed by atoms with Gasteiger partial charge in [-0.25, -0.2) is 0 Å². The number of benzene rings is 2. The lowest BCUT2D eigenvalue weighted by Crippen LogP contribution is -1.91. The minimum Gasteiger partial charge on any atom is -0.317 e. The Bertz CT molecular complexity index is 877. The minimum absolute atomic E-state index is 1.15. The molecule has 0 aliphatic carbocycles. The van der Waals surface area contributed by atoms with Gasteiger partial charge in [0.05, 0.1) is 5.52 Å². The molecule has 0 aliphatic rings. The predicted octanol–water partition coefficient (Wildman–Crippen LogP) is 4.69. The Hall–Kier alpha value is -2.87. The Labute approximate surface area is 123 Å². The Morgan fingerprint density at radius 3 is 2.48 bits per heavy atom. The topological polar surface area (TPSA) is 17.8 Å². The van der Waals surface area contributed by atoms with Gasteiger partial charge in [-0.1, -0.05) is 36.4 Å². The molecule has 0 unspecified atom stereocenters. The first-order valence-corrected chi connectivity index (χ1v) is 6.99. The number of aromatic nitrogens is 2. The third-order valence-corrected chi connectivity index (χ3v) is 3.74. The van der Waals surface area contributed by atoms with E-state index in [0.717, 1.165) is 5.56 Å². The molecule has 21 heavy (non-hydrogen) atoms. The zero-order valence-corrected chi connectivity index (χ0v) is 11.5. The van der Waals surface area contributed by atoms with Gasteiger partial charge in [0.1, 0.15) is 0 Å². The average molecular weight is 270 g/mol. The Morgan fingerprint density at radius 2 is 1.67 bits per heavy atom. The van der Waals surface area contributed by atoms with E-state index in [2.05, 4.69) is 70.3 Å². The van der Waals surface area contributed by atoms with Crippen molar-refractivity contribution in [1.29, 1.82) is 0 Å². The van der Waals surface area contributed by atoms with Crippen LogP contribution in [0.2, 0.25) is 0 Å². The lowest BCUT2D eigenvalue weighted by molar-refractivity contribution is 1.13. The number of hydrogen-bond acceptors (Lipinski definition) is 1. The van der Waals surface area contributed by atoms with Crippen LogP contribution in [0.25, 0.3) is 27.7 Å². The van der Waals surface area contributed by atoms with Gasteiger partial charge in [0.15, 0.2) is 0 Å². The summed E-state index contributed by atoms with van der Waals surface area (Å²) in [7, 11) is 0. The molecule has 100 valence electrons. The number of nitrogens with zero attached hydrogens (tertiary/aromatic N) is 2. The first kappa shape index (κ1) is 11.9. The van der Waals surface area contributed by atoms with Gasteiger partial charge in [-0.15, -0.1) is 0 Å². The van der Waals surface area contributed by atoms with Gasteiger partial charge in [-0.05, 0) is 35.9 Å². The van der Waals surface area contributed by atoms with Crippen LogP contribution < -0.4 is 0 Å². The van der Waals surface area contributed by atoms with Crippen LogP contribution in [0.5, 0.6) is 0 Å². The molecule has 0 N–H and O–H groups in total. The second-order valence-corrected chi connectivity index (χ2v) is 5.00. The fraction of sp³-hybridized carbons (Fsp3) is 0. The Morgan fingerprint density at radius 1 is 0.762 bits per heavy atom. The first-order chi connectivity index (χ1) is 10.4. The van der Waals surface area contributed by atoms with Crippen molar-refractivity contribution in [2.75, 3.05) is 0 Å². The summed E-state index contributed by atoms with van der Waals surface area (Å²) in [4.78, 5) is 4.23. The number of hydrogen-bond donors (Lipinski definition) is 0. The van der Waals surface area contributed by atoms with Crippen molar-refractivity contribution < 1.29 is 0 Å². The summed E-state index contributed by atoms with van der Waals surface area (Å²) < 4.78 is 2.22. The molecule has 2 nitrogen and oxygen atoms in total. The zero-order chi connectivity index (χ0) is 14.1. The molecule has 0 saturated carbocycles. The second-order valence-electron chi connectivity index (χ2n) is 5.00. The summed E-state index contributed by atoms with van der Waals surface area (Å²) >= 11 is 0. The van der Waals surface area contributed by atoms with Crippen molar-refractivity contribution in [3.8, 4) is 16.8 Å². The molecule has 0 aliphatic heterocycles. The normalized spacial score (nSPS) is 10.9. The molecule has 0 amide bonds. The Kier molecular flexibility index (Phi) is 2.79. The predicted molar refractivity (Wildman–Crippen MR) is 86.5 cm³/mol. The summed E-state index contributed by atoms with van der Waals surface area (Å²) in [6.45, 7) is 0. The van der Waals surface area contributed by atoms with E-state index in [0.29, 0.717) is 0 Å². The van der Waals surface area contributed by atoms with Gasteiger partial charge in [0.25, 0.3) is 0 Å². The lowest BCUT2D eigenvalue weighted by atomic mass is 10.0. The van der Waals surface area contributed by atoms with Crippen LogP contribution >= 0.6 is 0 Å². The molecule has 4 rings (SSSR count). The maximum Gasteiger partial charge on any atom is 0.0534 e. The van der Waals surface area contributed by atoms with Gasteiger partial charge in [0, 0.05) is 35.2 Å². The molecule has 0 spiro atoms. The largest absolute Gasteiger partial charge is 0.317 e. The fourth-order valence-electron chi connectivity index (χ4n) is 2.76. The highest BCUT2D eigenvalue weighted by molar-refractivity contribution is 5.96. The molecule has 0 bridgehead atoms. The van der Waals surface area contributed by atoms with Crippen LogP contribution in [0, 0.1) is 0 Å². The van der Waals surface area contributed by atoms with Crippen LogP contribution in [0.4, 0.5) is 0 Å². The van der Waals surface area contributed by atoms with Crippen molar-refractivity contribution in [2.45, 2.75) is 0 Å². The highest BCUT2D eigenvalue weighted by Gasteiger charge is 2.08. The van der Waals surface area contributed by atoms with Gasteiger partial charge in [0.2, 0.25) is 0 Å². The summed E-state index contributed by atoms with van der Waals surface area (Å²) in [5, 5.41) is 1.24. The van der Waals surface area contributed by atoms with E-state index in [1.54, 1.807) is 6.20 Å². The van der Waals surface area contributed by atoms with Crippen LogP contribution in [-0.2, 0) is 0 Å². The van der Waals surface area contributed by atoms with Crippen molar-refractivity contribution in [1.82, 2.24) is 9.55 Å². The smallest absolute Gasteiger partial charge is 0.0534 e. The van der Waals surface area contributed by atoms with Gasteiger partial charge >= 0.3 is 0 Å². The van der Waals surface area contributed by atoms with Gasteiger partial charge < -0.3 is 4.57 Å². The Balaban J connectivity index is 1.96. The standard InChI is InChI=1S/C19H14N2/c1-2-7-16(8-3-1)21-13-11-18-17(9-4-10-19(18)21)15-6-5-12-20-14-15/h1-14H. The quantitative estimate of drug-likeness (QED) is 0.516. The van der Waals surface area contributed by atoms with Crippen molar-refractivity contribution in [3.63, 3.8) is 0 Å². The summed E-state index contributed by atoms with van der Waals surface area (Å²) in [6.07, 6.45) is 5.84. The van der Waals surface area contributed by atoms with E-state index in [1.165, 1.54) is 22.2 Å². The van der Waals surface area contributed by atoms with E-state index in [-0.39, 0.29) is 0 Å². The molecule has 2 aromatic heterocycles. The number of rotatable bonds is 2. The van der Waals surface area contributed by atoms with Crippen LogP contribution in [0.3, 0.4) is 0 Å². The third kappa shape index (κ3) is 2.01. The first-order valence-electron chi connectivity index (χ1n) is 6.99. The highest BCUT2D eigenvalue weighted by Crippen LogP contribution is 2.30. The van der Waals surface area contributed by atoms with E-state index >= 15 is 0 Å². The van der Waals surface area contributed by atoms with E-state index in [4.69, 9.17) is 0 Å². The fourth-order valence-corrected chi connectivity index (χ4v) is 2.76. The molecule has 2 aromatic carbocycles. The summed E-state index contributed by atoms with van der Waals surface area (Å²) in [5.41, 5.74) is 4.75.